The van der Waals surface area contributed by atoms with E-state index >= 15 is 0 Å². The molecule has 0 aromatic carbocycles. The van der Waals surface area contributed by atoms with E-state index in [1.54, 1.807) is 0 Å². The molecule has 0 aromatic heterocycles. The summed E-state index contributed by atoms with van der Waals surface area (Å²) in [5, 5.41) is 0. The first-order valence-electron chi connectivity index (χ1n) is 4.64. The monoisotopic (exact) mass is 246 g/mol. The summed E-state index contributed by atoms with van der Waals surface area (Å²) in [6.45, 7) is 0. The molecule has 5 heteroatoms. The van der Waals surface area contributed by atoms with Crippen molar-refractivity contribution in [3.05, 3.63) is 0 Å². The molecule has 1 aliphatic carbocycles. The van der Waals surface area contributed by atoms with Crippen molar-refractivity contribution in [1.29, 1.82) is 0 Å². The SMILES string of the molecule is C1CCCCCCC1.O=S(=O)(Cl)Cl. The average Bonchev–Trinajstić information content (AvgIpc) is 1.79. The second-order valence-electron chi connectivity index (χ2n) is 3.21. The second kappa shape index (κ2) is 7.89. The molecule has 0 saturated heterocycles. The topological polar surface area (TPSA) is 34.1 Å². The minimum Gasteiger partial charge on any atom is -0.195 e. The van der Waals surface area contributed by atoms with Gasteiger partial charge in [-0.05, 0) is 0 Å². The van der Waals surface area contributed by atoms with Crippen molar-refractivity contribution in [2.75, 3.05) is 0 Å². The van der Waals surface area contributed by atoms with Crippen molar-refractivity contribution in [2.45, 2.75) is 51.4 Å². The maximum Gasteiger partial charge on any atom is 0.317 e. The number of halogens is 2. The van der Waals surface area contributed by atoms with Gasteiger partial charge in [-0.2, -0.15) is 8.42 Å². The predicted molar refractivity (Wildman–Crippen MR) is 57.6 cm³/mol. The lowest BCUT2D eigenvalue weighted by Gasteiger charge is -2.05. The lowest BCUT2D eigenvalue weighted by Crippen LogP contribution is -1.85. The van der Waals surface area contributed by atoms with Crippen molar-refractivity contribution >= 4 is 29.6 Å². The summed E-state index contributed by atoms with van der Waals surface area (Å²) >= 11 is 0. The van der Waals surface area contributed by atoms with E-state index in [1.807, 2.05) is 0 Å². The van der Waals surface area contributed by atoms with Crippen LogP contribution in [0.15, 0.2) is 0 Å². The van der Waals surface area contributed by atoms with Crippen LogP contribution in [-0.4, -0.2) is 8.42 Å². The molecule has 2 nitrogen and oxygen atoms in total. The minimum absolute atomic E-state index is 1.50. The fourth-order valence-corrected chi connectivity index (χ4v) is 1.41. The summed E-state index contributed by atoms with van der Waals surface area (Å²) in [6, 6.07) is 0. The minimum atomic E-state index is -3.72. The molecular formula is C8H16Cl2O2S. The molecule has 1 saturated carbocycles. The van der Waals surface area contributed by atoms with Crippen LogP contribution in [0.1, 0.15) is 51.4 Å². The largest absolute Gasteiger partial charge is 0.317 e. The lowest BCUT2D eigenvalue weighted by atomic mass is 10.0. The summed E-state index contributed by atoms with van der Waals surface area (Å²) in [5.74, 6) is 0. The Morgan fingerprint density at radius 2 is 0.692 bits per heavy atom. The van der Waals surface area contributed by atoms with Crippen LogP contribution in [0.4, 0.5) is 0 Å². The fourth-order valence-electron chi connectivity index (χ4n) is 1.41. The highest BCUT2D eigenvalue weighted by molar-refractivity contribution is 8.31. The van der Waals surface area contributed by atoms with E-state index in [2.05, 4.69) is 21.4 Å². The third-order valence-electron chi connectivity index (χ3n) is 2.00. The second-order valence-corrected chi connectivity index (χ2v) is 6.88. The highest BCUT2D eigenvalue weighted by atomic mass is 36.0. The van der Waals surface area contributed by atoms with E-state index in [1.165, 1.54) is 51.4 Å². The van der Waals surface area contributed by atoms with Gasteiger partial charge in [0.25, 0.3) is 0 Å². The summed E-state index contributed by atoms with van der Waals surface area (Å²) in [5.41, 5.74) is 0. The van der Waals surface area contributed by atoms with Crippen LogP contribution in [0.5, 0.6) is 0 Å². The van der Waals surface area contributed by atoms with Gasteiger partial charge in [-0.15, -0.1) is 0 Å². The number of hydrogen-bond acceptors (Lipinski definition) is 2. The standard InChI is InChI=1S/C8H16.Cl2O2S/c1-2-4-6-8-7-5-3-1;1-5(2,3)4/h1-8H2;. The van der Waals surface area contributed by atoms with Gasteiger partial charge in [0.1, 0.15) is 0 Å². The molecule has 1 fully saturated rings. The molecule has 80 valence electrons. The van der Waals surface area contributed by atoms with Gasteiger partial charge in [0, 0.05) is 21.4 Å². The van der Waals surface area contributed by atoms with Gasteiger partial charge in [0.2, 0.25) is 0 Å². The first-order valence-corrected chi connectivity index (χ1v) is 7.78. The van der Waals surface area contributed by atoms with Gasteiger partial charge >= 0.3 is 8.26 Å². The average molecular weight is 247 g/mol. The first kappa shape index (κ1) is 13.5. The van der Waals surface area contributed by atoms with E-state index in [0.717, 1.165) is 0 Å². The summed E-state index contributed by atoms with van der Waals surface area (Å²) in [4.78, 5) is 0. The molecule has 0 unspecified atom stereocenters. The molecule has 0 bridgehead atoms. The van der Waals surface area contributed by atoms with Gasteiger partial charge in [-0.1, -0.05) is 51.4 Å². The Hall–Kier alpha value is 0.530. The summed E-state index contributed by atoms with van der Waals surface area (Å²) < 4.78 is 18.3. The maximum absolute atomic E-state index is 9.16. The zero-order chi connectivity index (χ0) is 10.2. The molecule has 0 aliphatic heterocycles. The molecule has 0 atom stereocenters. The van der Waals surface area contributed by atoms with Gasteiger partial charge in [-0.25, -0.2) is 0 Å². The normalized spacial score (nSPS) is 19.2. The van der Waals surface area contributed by atoms with Gasteiger partial charge in [0.15, 0.2) is 0 Å². The Labute approximate surface area is 89.5 Å². The van der Waals surface area contributed by atoms with Gasteiger partial charge < -0.3 is 0 Å². The Balaban J connectivity index is 0.000000252. The van der Waals surface area contributed by atoms with Gasteiger partial charge in [-0.3, -0.25) is 0 Å². The zero-order valence-electron chi connectivity index (χ0n) is 7.64. The van der Waals surface area contributed by atoms with E-state index < -0.39 is 8.26 Å². The van der Waals surface area contributed by atoms with Crippen LogP contribution in [0, 0.1) is 0 Å². The van der Waals surface area contributed by atoms with Crippen LogP contribution < -0.4 is 0 Å². The molecule has 1 aliphatic rings. The van der Waals surface area contributed by atoms with E-state index in [-0.39, 0.29) is 0 Å². The Bertz CT molecular complexity index is 170. The highest BCUT2D eigenvalue weighted by Gasteiger charge is 1.95. The van der Waals surface area contributed by atoms with Crippen molar-refractivity contribution in [1.82, 2.24) is 0 Å². The van der Waals surface area contributed by atoms with Gasteiger partial charge in [0.05, 0.1) is 0 Å². The third kappa shape index (κ3) is 19.1. The summed E-state index contributed by atoms with van der Waals surface area (Å²) in [7, 11) is 4.81. The van der Waals surface area contributed by atoms with Crippen LogP contribution in [0.2, 0.25) is 0 Å². The molecule has 0 N–H and O–H groups in total. The van der Waals surface area contributed by atoms with Crippen molar-refractivity contribution in [3.8, 4) is 0 Å². The van der Waals surface area contributed by atoms with Crippen LogP contribution in [-0.2, 0) is 8.26 Å². The molecule has 0 heterocycles. The van der Waals surface area contributed by atoms with Crippen LogP contribution in [0.3, 0.4) is 0 Å². The Kier molecular flexibility index (Phi) is 8.21. The lowest BCUT2D eigenvalue weighted by molar-refractivity contribution is 0.504. The quantitative estimate of drug-likeness (QED) is 0.609. The van der Waals surface area contributed by atoms with Crippen LogP contribution in [0.25, 0.3) is 0 Å². The molecule has 1 rings (SSSR count). The first-order chi connectivity index (χ1) is 6.00. The molecule has 0 aromatic rings. The molecule has 0 amide bonds. The molecule has 0 radical (unpaired) electrons. The smallest absolute Gasteiger partial charge is 0.195 e. The molecular weight excluding hydrogens is 231 g/mol. The zero-order valence-corrected chi connectivity index (χ0v) is 9.97. The Morgan fingerprint density at radius 3 is 0.769 bits per heavy atom. The Morgan fingerprint density at radius 1 is 0.615 bits per heavy atom. The van der Waals surface area contributed by atoms with Crippen molar-refractivity contribution < 1.29 is 8.42 Å². The number of rotatable bonds is 0. The van der Waals surface area contributed by atoms with Crippen molar-refractivity contribution in [3.63, 3.8) is 0 Å². The third-order valence-corrected chi connectivity index (χ3v) is 2.00. The predicted octanol–water partition coefficient (Wildman–Crippen LogP) is 3.83. The van der Waals surface area contributed by atoms with E-state index in [4.69, 9.17) is 8.42 Å². The summed E-state index contributed by atoms with van der Waals surface area (Å²) in [6.07, 6.45) is 12.0. The van der Waals surface area contributed by atoms with E-state index in [0.29, 0.717) is 0 Å². The van der Waals surface area contributed by atoms with Crippen molar-refractivity contribution in [2.24, 2.45) is 0 Å². The molecule has 13 heavy (non-hydrogen) atoms. The number of hydrogen-bond donors (Lipinski definition) is 0. The maximum atomic E-state index is 9.16. The van der Waals surface area contributed by atoms with Crippen LogP contribution >= 0.6 is 21.4 Å². The highest BCUT2D eigenvalue weighted by Crippen LogP contribution is 2.15. The molecule has 0 spiro atoms. The van der Waals surface area contributed by atoms with E-state index in [9.17, 15) is 0 Å². The fraction of sp³-hybridized carbons (Fsp3) is 1.00.